The minimum atomic E-state index is -0.250. The van der Waals surface area contributed by atoms with E-state index in [-0.39, 0.29) is 6.04 Å². The van der Waals surface area contributed by atoms with Crippen LogP contribution in [-0.4, -0.2) is 0 Å². The highest BCUT2D eigenvalue weighted by Gasteiger charge is 2.15. The zero-order chi connectivity index (χ0) is 14.3. The van der Waals surface area contributed by atoms with Crippen molar-refractivity contribution in [3.05, 3.63) is 69.4 Å². The van der Waals surface area contributed by atoms with E-state index >= 15 is 0 Å². The van der Waals surface area contributed by atoms with E-state index in [9.17, 15) is 0 Å². The molecule has 0 fully saturated rings. The summed E-state index contributed by atoms with van der Waals surface area (Å²) >= 11 is 3.54. The molecule has 0 saturated carbocycles. The van der Waals surface area contributed by atoms with Crippen LogP contribution in [0.3, 0.4) is 0 Å². The Morgan fingerprint density at radius 1 is 1.05 bits per heavy atom. The SMILES string of the molecule is Cc1ccc2oc(C(N)c3ccc(C)c(Br)c3)cc2c1. The Labute approximate surface area is 126 Å². The average molecular weight is 330 g/mol. The highest BCUT2D eigenvalue weighted by Crippen LogP contribution is 2.29. The Balaban J connectivity index is 2.02. The molecule has 3 aromatic rings. The summed E-state index contributed by atoms with van der Waals surface area (Å²) < 4.78 is 6.94. The summed E-state index contributed by atoms with van der Waals surface area (Å²) in [6, 6.07) is 14.1. The summed E-state index contributed by atoms with van der Waals surface area (Å²) in [6.07, 6.45) is 0. The van der Waals surface area contributed by atoms with E-state index in [0.29, 0.717) is 0 Å². The molecule has 0 radical (unpaired) electrons. The maximum absolute atomic E-state index is 6.32. The molecule has 0 amide bonds. The van der Waals surface area contributed by atoms with Crippen LogP contribution in [-0.2, 0) is 0 Å². The fourth-order valence-corrected chi connectivity index (χ4v) is 2.70. The van der Waals surface area contributed by atoms with Gasteiger partial charge in [0.05, 0.1) is 6.04 Å². The largest absolute Gasteiger partial charge is 0.459 e. The fourth-order valence-electron chi connectivity index (χ4n) is 2.30. The van der Waals surface area contributed by atoms with Crippen molar-refractivity contribution in [2.75, 3.05) is 0 Å². The first-order valence-corrected chi connectivity index (χ1v) is 7.35. The molecule has 0 aliphatic rings. The number of halogens is 1. The summed E-state index contributed by atoms with van der Waals surface area (Å²) in [6.45, 7) is 4.13. The van der Waals surface area contributed by atoms with Gasteiger partial charge in [-0.15, -0.1) is 0 Å². The van der Waals surface area contributed by atoms with Crippen LogP contribution < -0.4 is 5.73 Å². The lowest BCUT2D eigenvalue weighted by molar-refractivity contribution is 0.525. The van der Waals surface area contributed by atoms with Crippen molar-refractivity contribution >= 4 is 26.9 Å². The Hall–Kier alpha value is -1.58. The van der Waals surface area contributed by atoms with Crippen molar-refractivity contribution in [1.29, 1.82) is 0 Å². The quantitative estimate of drug-likeness (QED) is 0.729. The lowest BCUT2D eigenvalue weighted by atomic mass is 10.0. The van der Waals surface area contributed by atoms with E-state index in [1.54, 1.807) is 0 Å². The molecule has 0 aliphatic heterocycles. The van der Waals surface area contributed by atoms with Gasteiger partial charge in [0, 0.05) is 9.86 Å². The number of benzene rings is 2. The van der Waals surface area contributed by atoms with Gasteiger partial charge in [0.2, 0.25) is 0 Å². The molecule has 1 unspecified atom stereocenters. The Morgan fingerprint density at radius 3 is 2.60 bits per heavy atom. The summed E-state index contributed by atoms with van der Waals surface area (Å²) in [4.78, 5) is 0. The molecule has 1 aromatic heterocycles. The molecule has 3 heteroatoms. The van der Waals surface area contributed by atoms with E-state index in [0.717, 1.165) is 26.8 Å². The number of aryl methyl sites for hydroxylation is 2. The Kier molecular flexibility index (Phi) is 3.40. The molecule has 0 spiro atoms. The maximum atomic E-state index is 6.32. The second kappa shape index (κ2) is 5.08. The van der Waals surface area contributed by atoms with Crippen molar-refractivity contribution < 1.29 is 4.42 Å². The molecule has 1 atom stereocenters. The molecule has 3 rings (SSSR count). The zero-order valence-corrected chi connectivity index (χ0v) is 13.1. The molecular formula is C17H16BrNO. The van der Waals surface area contributed by atoms with Gasteiger partial charge >= 0.3 is 0 Å². The molecule has 0 bridgehead atoms. The Morgan fingerprint density at radius 2 is 1.85 bits per heavy atom. The Bertz CT molecular complexity index is 776. The van der Waals surface area contributed by atoms with Crippen molar-refractivity contribution in [1.82, 2.24) is 0 Å². The van der Waals surface area contributed by atoms with Crippen LogP contribution in [0.15, 0.2) is 51.4 Å². The third-order valence-electron chi connectivity index (χ3n) is 3.55. The number of hydrogen-bond donors (Lipinski definition) is 1. The van der Waals surface area contributed by atoms with Crippen LogP contribution in [0, 0.1) is 13.8 Å². The number of rotatable bonds is 2. The van der Waals surface area contributed by atoms with E-state index in [1.165, 1.54) is 11.1 Å². The first-order chi connectivity index (χ1) is 9.54. The van der Waals surface area contributed by atoms with Crippen molar-refractivity contribution in [2.24, 2.45) is 5.73 Å². The molecule has 2 N–H and O–H groups in total. The average Bonchev–Trinajstić information content (AvgIpc) is 2.84. The summed E-state index contributed by atoms with van der Waals surface area (Å²) in [5, 5.41) is 1.10. The first kappa shape index (κ1) is 13.4. The highest BCUT2D eigenvalue weighted by molar-refractivity contribution is 9.10. The van der Waals surface area contributed by atoms with E-state index < -0.39 is 0 Å². The number of fused-ring (bicyclic) bond motifs is 1. The second-order valence-electron chi connectivity index (χ2n) is 5.18. The number of furan rings is 1. The van der Waals surface area contributed by atoms with Gasteiger partial charge in [-0.05, 0) is 49.2 Å². The first-order valence-electron chi connectivity index (χ1n) is 6.56. The normalized spacial score (nSPS) is 12.8. The molecule has 0 aliphatic carbocycles. The summed E-state index contributed by atoms with van der Waals surface area (Å²) in [5.41, 5.74) is 10.7. The van der Waals surface area contributed by atoms with Crippen LogP contribution >= 0.6 is 15.9 Å². The van der Waals surface area contributed by atoms with Gasteiger partial charge in [-0.1, -0.05) is 39.7 Å². The molecule has 20 heavy (non-hydrogen) atoms. The molecule has 2 nitrogen and oxygen atoms in total. The van der Waals surface area contributed by atoms with Crippen LogP contribution in [0.1, 0.15) is 28.5 Å². The minimum Gasteiger partial charge on any atom is -0.459 e. The van der Waals surface area contributed by atoms with Gasteiger partial charge in [0.15, 0.2) is 0 Å². The van der Waals surface area contributed by atoms with Gasteiger partial charge in [-0.3, -0.25) is 0 Å². The van der Waals surface area contributed by atoms with Gasteiger partial charge in [0.25, 0.3) is 0 Å². The maximum Gasteiger partial charge on any atom is 0.134 e. The summed E-state index contributed by atoms with van der Waals surface area (Å²) in [7, 11) is 0. The number of nitrogens with two attached hydrogens (primary N) is 1. The third kappa shape index (κ3) is 2.39. The summed E-state index contributed by atoms with van der Waals surface area (Å²) in [5.74, 6) is 0.793. The van der Waals surface area contributed by atoms with Crippen LogP contribution in [0.5, 0.6) is 0 Å². The van der Waals surface area contributed by atoms with Gasteiger partial charge in [-0.2, -0.15) is 0 Å². The van der Waals surface area contributed by atoms with Crippen molar-refractivity contribution in [3.8, 4) is 0 Å². The highest BCUT2D eigenvalue weighted by atomic mass is 79.9. The minimum absolute atomic E-state index is 0.250. The van der Waals surface area contributed by atoms with Crippen molar-refractivity contribution in [3.63, 3.8) is 0 Å². The van der Waals surface area contributed by atoms with E-state index in [1.807, 2.05) is 24.3 Å². The van der Waals surface area contributed by atoms with Crippen LogP contribution in [0.25, 0.3) is 11.0 Å². The molecule has 2 aromatic carbocycles. The van der Waals surface area contributed by atoms with E-state index in [2.05, 4.69) is 48.0 Å². The lowest BCUT2D eigenvalue weighted by Gasteiger charge is -2.10. The zero-order valence-electron chi connectivity index (χ0n) is 11.5. The standard InChI is InChI=1S/C17H16BrNO/c1-10-3-6-15-13(7-10)9-16(20-15)17(19)12-5-4-11(2)14(18)8-12/h3-9,17H,19H2,1-2H3. The van der Waals surface area contributed by atoms with Crippen molar-refractivity contribution in [2.45, 2.75) is 19.9 Å². The van der Waals surface area contributed by atoms with Gasteiger partial charge in [0.1, 0.15) is 11.3 Å². The predicted octanol–water partition coefficient (Wildman–Crippen LogP) is 4.86. The lowest BCUT2D eigenvalue weighted by Crippen LogP contribution is -2.10. The van der Waals surface area contributed by atoms with E-state index in [4.69, 9.17) is 10.2 Å². The topological polar surface area (TPSA) is 39.2 Å². The van der Waals surface area contributed by atoms with Gasteiger partial charge in [-0.25, -0.2) is 0 Å². The molecule has 102 valence electrons. The van der Waals surface area contributed by atoms with Crippen LogP contribution in [0.2, 0.25) is 0 Å². The molecule has 0 saturated heterocycles. The smallest absolute Gasteiger partial charge is 0.134 e. The van der Waals surface area contributed by atoms with Gasteiger partial charge < -0.3 is 10.2 Å². The third-order valence-corrected chi connectivity index (χ3v) is 4.41. The monoisotopic (exact) mass is 329 g/mol. The number of hydrogen-bond acceptors (Lipinski definition) is 2. The fraction of sp³-hybridized carbons (Fsp3) is 0.176. The molecule has 1 heterocycles. The molecular weight excluding hydrogens is 314 g/mol. The van der Waals surface area contributed by atoms with Crippen LogP contribution in [0.4, 0.5) is 0 Å². The predicted molar refractivity (Wildman–Crippen MR) is 85.9 cm³/mol. The second-order valence-corrected chi connectivity index (χ2v) is 6.03.